The summed E-state index contributed by atoms with van der Waals surface area (Å²) in [6.45, 7) is 16.5. The highest BCUT2D eigenvalue weighted by Crippen LogP contribution is 2.34. The Morgan fingerprint density at radius 2 is 1.13 bits per heavy atom. The number of anilines is 9. The van der Waals surface area contributed by atoms with Crippen LogP contribution in [-0.2, 0) is 45.1 Å². The summed E-state index contributed by atoms with van der Waals surface area (Å²) in [4.78, 5) is 66.7. The SMILES string of the molecule is C=CC(=O)Nc1cccc(Nc2nc(Cl)ncc2C)c1.C=CC(=O)Nc1cccc(Nc2nc(Nc3cc4c(cc3OC)CN(C(C)=O)CC4)ncc2C)c1.COc1cc2c(cc1N)CCN(C(C)=O)C2. The molecule has 4 amide bonds. The van der Waals surface area contributed by atoms with E-state index in [2.05, 4.69) is 59.7 Å². The van der Waals surface area contributed by atoms with E-state index in [-0.39, 0.29) is 28.9 Å². The molecule has 0 saturated heterocycles. The van der Waals surface area contributed by atoms with Crippen molar-refractivity contribution in [1.29, 1.82) is 0 Å². The van der Waals surface area contributed by atoms with Gasteiger partial charge in [0.2, 0.25) is 34.9 Å². The van der Waals surface area contributed by atoms with Crippen molar-refractivity contribution in [2.75, 3.05) is 59.6 Å². The number of rotatable bonds is 12. The molecule has 0 aliphatic carbocycles. The number of hydrogen-bond donors (Lipinski definition) is 6. The highest BCUT2D eigenvalue weighted by atomic mass is 35.5. The summed E-state index contributed by atoms with van der Waals surface area (Å²) < 4.78 is 10.8. The predicted octanol–water partition coefficient (Wildman–Crippen LogP) is 8.80. The van der Waals surface area contributed by atoms with Crippen molar-refractivity contribution in [2.24, 2.45) is 0 Å². The first-order chi connectivity index (χ1) is 34.0. The number of nitrogen functional groups attached to an aromatic ring is 1. The Morgan fingerprint density at radius 3 is 1.63 bits per heavy atom. The molecule has 0 radical (unpaired) electrons. The minimum Gasteiger partial charge on any atom is -0.495 e. The minimum absolute atomic E-state index is 0.0681. The Morgan fingerprint density at radius 1 is 0.648 bits per heavy atom. The lowest BCUT2D eigenvalue weighted by Gasteiger charge is -2.29. The standard InChI is InChI=1S/C26H28N6O3.C14H13ClN4O.C12H16N2O2/c1-5-24(34)28-20-7-6-8-21(13-20)29-25-16(2)14-27-26(31-25)30-22-11-18-9-10-32(17(3)33)15-19(18)12-23(22)35-4;1-3-12(20)17-10-5-4-6-11(7-10)18-13-9(2)8-16-14(15)19-13;1-8(15)14-4-3-9-5-11(13)12(16-2)6-10(9)7-14/h5-8,11-14H,1,9-10,15H2,2-4H3,(H,28,34)(H2,27,29,30,31);3-8H,1H2,2H3,(H,17,20)(H,16,18,19);5-6H,3-4,7,13H2,1-2H3. The van der Waals surface area contributed by atoms with Gasteiger partial charge in [-0.2, -0.15) is 4.98 Å². The van der Waals surface area contributed by atoms with Gasteiger partial charge in [0.1, 0.15) is 23.1 Å². The maximum absolute atomic E-state index is 11.8. The van der Waals surface area contributed by atoms with E-state index in [1.165, 1.54) is 17.7 Å². The van der Waals surface area contributed by atoms with Gasteiger partial charge in [0.25, 0.3) is 0 Å². The van der Waals surface area contributed by atoms with Crippen molar-refractivity contribution >= 4 is 86.9 Å². The average molecular weight is 982 g/mol. The van der Waals surface area contributed by atoms with Gasteiger partial charge in [-0.05, 0) is 133 Å². The van der Waals surface area contributed by atoms with Crippen molar-refractivity contribution < 1.29 is 28.7 Å². The molecular weight excluding hydrogens is 924 g/mol. The zero-order valence-electron chi connectivity index (χ0n) is 40.5. The normalized spacial score (nSPS) is 12.2. The van der Waals surface area contributed by atoms with Crippen molar-refractivity contribution in [2.45, 2.75) is 53.6 Å². The number of carbonyl (C=O) groups excluding carboxylic acids is 4. The van der Waals surface area contributed by atoms with Crippen LogP contribution in [0.1, 0.15) is 47.2 Å². The number of aromatic nitrogens is 4. The zero-order chi connectivity index (χ0) is 51.2. The number of carbonyl (C=O) groups is 4. The molecule has 0 fully saturated rings. The Hall–Kier alpha value is -8.51. The molecular formula is C52H57ClN12O6. The lowest BCUT2D eigenvalue weighted by molar-refractivity contribution is -0.130. The van der Waals surface area contributed by atoms with Gasteiger partial charge in [0, 0.05) is 86.3 Å². The number of hydrogen-bond acceptors (Lipinski definition) is 14. The molecule has 0 atom stereocenters. The lowest BCUT2D eigenvalue weighted by atomic mass is 9.98. The van der Waals surface area contributed by atoms with E-state index in [0.29, 0.717) is 65.8 Å². The number of amides is 4. The fourth-order valence-electron chi connectivity index (χ4n) is 7.48. The van der Waals surface area contributed by atoms with Crippen molar-refractivity contribution in [1.82, 2.24) is 29.7 Å². The number of nitrogens with two attached hydrogens (primary N) is 1. The van der Waals surface area contributed by atoms with E-state index in [4.69, 9.17) is 26.8 Å². The predicted molar refractivity (Wildman–Crippen MR) is 279 cm³/mol. The van der Waals surface area contributed by atoms with Crippen molar-refractivity contribution in [3.63, 3.8) is 0 Å². The number of nitrogens with one attached hydrogen (secondary N) is 5. The average Bonchev–Trinajstić information content (AvgIpc) is 3.35. The topological polar surface area (TPSA) is 231 Å². The summed E-state index contributed by atoms with van der Waals surface area (Å²) in [7, 11) is 3.21. The molecule has 18 nitrogen and oxygen atoms in total. The third kappa shape index (κ3) is 14.3. The fraction of sp³-hybridized carbons (Fsp3) is 0.231. The highest BCUT2D eigenvalue weighted by molar-refractivity contribution is 6.28. The summed E-state index contributed by atoms with van der Waals surface area (Å²) >= 11 is 5.77. The molecule has 8 rings (SSSR count). The molecule has 7 N–H and O–H groups in total. The maximum atomic E-state index is 11.8. The van der Waals surface area contributed by atoms with Gasteiger partial charge in [0.15, 0.2) is 0 Å². The molecule has 0 bridgehead atoms. The lowest BCUT2D eigenvalue weighted by Crippen LogP contribution is -2.34. The smallest absolute Gasteiger partial charge is 0.247 e. The second-order valence-corrected chi connectivity index (χ2v) is 16.7. The van der Waals surface area contributed by atoms with E-state index in [1.807, 2.05) is 78.2 Å². The molecule has 0 unspecified atom stereocenters. The number of methoxy groups -OCH3 is 2. The van der Waals surface area contributed by atoms with Crippen LogP contribution in [-0.4, -0.2) is 80.7 Å². The van der Waals surface area contributed by atoms with Gasteiger partial charge in [0.05, 0.1) is 25.6 Å². The van der Waals surface area contributed by atoms with Gasteiger partial charge < -0.3 is 51.6 Å². The van der Waals surface area contributed by atoms with Crippen LogP contribution in [0.15, 0.2) is 111 Å². The first-order valence-corrected chi connectivity index (χ1v) is 22.8. The second-order valence-electron chi connectivity index (χ2n) is 16.4. The van der Waals surface area contributed by atoms with E-state index >= 15 is 0 Å². The summed E-state index contributed by atoms with van der Waals surface area (Å²) in [5, 5.41) is 15.3. The van der Waals surface area contributed by atoms with Gasteiger partial charge in [-0.1, -0.05) is 25.3 Å². The first-order valence-electron chi connectivity index (χ1n) is 22.4. The first kappa shape index (κ1) is 51.9. The third-order valence-corrected chi connectivity index (χ3v) is 11.5. The van der Waals surface area contributed by atoms with E-state index in [1.54, 1.807) is 58.7 Å². The molecule has 19 heteroatoms. The molecule has 2 aromatic heterocycles. The summed E-state index contributed by atoms with van der Waals surface area (Å²) in [6, 6.07) is 22.5. The van der Waals surface area contributed by atoms with E-state index in [0.717, 1.165) is 64.3 Å². The summed E-state index contributed by atoms with van der Waals surface area (Å²) in [6.07, 6.45) is 7.45. The van der Waals surface area contributed by atoms with Crippen molar-refractivity contribution in [3.05, 3.63) is 149 Å². The second kappa shape index (κ2) is 24.2. The molecule has 4 aromatic carbocycles. The molecule has 4 heterocycles. The molecule has 2 aliphatic heterocycles. The quantitative estimate of drug-likeness (QED) is 0.0383. The molecule has 6 aromatic rings. The number of fused-ring (bicyclic) bond motifs is 2. The zero-order valence-corrected chi connectivity index (χ0v) is 41.2. The van der Waals surface area contributed by atoms with Crippen LogP contribution in [0.2, 0.25) is 5.28 Å². The van der Waals surface area contributed by atoms with Crippen LogP contribution in [0.3, 0.4) is 0 Å². The minimum atomic E-state index is -0.278. The van der Waals surface area contributed by atoms with Crippen LogP contribution in [0.4, 0.5) is 51.7 Å². The largest absolute Gasteiger partial charge is 0.495 e. The van der Waals surface area contributed by atoms with Crippen LogP contribution >= 0.6 is 11.6 Å². The Bertz CT molecular complexity index is 2970. The van der Waals surface area contributed by atoms with Crippen LogP contribution in [0, 0.1) is 13.8 Å². The van der Waals surface area contributed by atoms with E-state index < -0.39 is 0 Å². The number of ether oxygens (including phenoxy) is 2. The Balaban J connectivity index is 0.000000193. The Kier molecular flexibility index (Phi) is 17.7. The van der Waals surface area contributed by atoms with Gasteiger partial charge >= 0.3 is 0 Å². The summed E-state index contributed by atoms with van der Waals surface area (Å²) in [5.41, 5.74) is 16.4. The van der Waals surface area contributed by atoms with Gasteiger partial charge in [-0.15, -0.1) is 0 Å². The third-order valence-electron chi connectivity index (χ3n) is 11.3. The molecule has 0 saturated carbocycles. The van der Waals surface area contributed by atoms with Crippen LogP contribution < -0.4 is 41.8 Å². The molecule has 71 heavy (non-hydrogen) atoms. The molecule has 0 spiro atoms. The summed E-state index contributed by atoms with van der Waals surface area (Å²) in [5.74, 6) is 2.64. The number of nitrogens with zero attached hydrogens (tertiary/aromatic N) is 6. The Labute approximate surface area is 417 Å². The number of halogens is 1. The number of benzene rings is 4. The molecule has 2 aliphatic rings. The highest BCUT2D eigenvalue weighted by Gasteiger charge is 2.22. The van der Waals surface area contributed by atoms with Crippen molar-refractivity contribution in [3.8, 4) is 11.5 Å². The monoisotopic (exact) mass is 980 g/mol. The fourth-order valence-corrected chi connectivity index (χ4v) is 7.61. The number of aryl methyl sites for hydroxylation is 2. The van der Waals surface area contributed by atoms with E-state index in [9.17, 15) is 19.2 Å². The van der Waals surface area contributed by atoms with Crippen LogP contribution in [0.25, 0.3) is 0 Å². The van der Waals surface area contributed by atoms with Crippen LogP contribution in [0.5, 0.6) is 11.5 Å². The maximum Gasteiger partial charge on any atom is 0.247 e. The van der Waals surface area contributed by atoms with Gasteiger partial charge in [-0.25, -0.2) is 15.0 Å². The molecule has 368 valence electrons. The van der Waals surface area contributed by atoms with Gasteiger partial charge in [-0.3, -0.25) is 19.2 Å².